The quantitative estimate of drug-likeness (QED) is 0.425. The Hall–Kier alpha value is -3.40. The largest absolute Gasteiger partial charge is 0.454 e. The number of hydrogen-bond acceptors (Lipinski definition) is 6. The molecule has 0 unspecified atom stereocenters. The second-order valence-corrected chi connectivity index (χ2v) is 9.73. The molecule has 0 saturated carbocycles. The summed E-state index contributed by atoms with van der Waals surface area (Å²) in [5.74, 6) is -1.09. The molecule has 2 aromatic heterocycles. The highest BCUT2D eigenvalue weighted by molar-refractivity contribution is 7.90. The van der Waals surface area contributed by atoms with Crippen LogP contribution in [0, 0.1) is 25.5 Å². The van der Waals surface area contributed by atoms with E-state index in [0.717, 1.165) is 17.7 Å². The number of sulfone groups is 1. The van der Waals surface area contributed by atoms with Crippen LogP contribution in [0.1, 0.15) is 23.9 Å². The van der Waals surface area contributed by atoms with Gasteiger partial charge < -0.3 is 4.74 Å². The van der Waals surface area contributed by atoms with Crippen molar-refractivity contribution >= 4 is 15.5 Å². The van der Waals surface area contributed by atoms with Gasteiger partial charge in [0.15, 0.2) is 32.9 Å². The van der Waals surface area contributed by atoms with Crippen LogP contribution < -0.4 is 4.74 Å². The zero-order valence-electron chi connectivity index (χ0n) is 17.6. The normalized spacial score (nSPS) is 11.8. The van der Waals surface area contributed by atoms with Crippen molar-refractivity contribution in [1.29, 1.82) is 0 Å². The molecule has 4 rings (SSSR count). The monoisotopic (exact) mass is 458 g/mol. The van der Waals surface area contributed by atoms with Gasteiger partial charge in [0, 0.05) is 17.4 Å². The van der Waals surface area contributed by atoms with E-state index in [-0.39, 0.29) is 23.0 Å². The smallest absolute Gasteiger partial charge is 0.180 e. The minimum Gasteiger partial charge on any atom is -0.454 e. The molecule has 166 valence electrons. The number of nitrogens with zero attached hydrogens (tertiary/aromatic N) is 4. The maximum atomic E-state index is 14.2. The Balaban J connectivity index is 1.87. The predicted molar refractivity (Wildman–Crippen MR) is 115 cm³/mol. The summed E-state index contributed by atoms with van der Waals surface area (Å²) in [7, 11) is -3.28. The summed E-state index contributed by atoms with van der Waals surface area (Å²) in [5.41, 5.74) is 2.83. The lowest BCUT2D eigenvalue weighted by Gasteiger charge is -2.14. The lowest BCUT2D eigenvalue weighted by atomic mass is 10.1. The van der Waals surface area contributed by atoms with Crippen molar-refractivity contribution in [3.8, 4) is 22.8 Å². The van der Waals surface area contributed by atoms with Crippen LogP contribution in [0.25, 0.3) is 16.9 Å². The molecule has 32 heavy (non-hydrogen) atoms. The van der Waals surface area contributed by atoms with Crippen molar-refractivity contribution in [3.63, 3.8) is 0 Å². The summed E-state index contributed by atoms with van der Waals surface area (Å²) in [6, 6.07) is 9.58. The van der Waals surface area contributed by atoms with Crippen LogP contribution in [0.3, 0.4) is 0 Å². The molecule has 7 nitrogen and oxygen atoms in total. The van der Waals surface area contributed by atoms with Gasteiger partial charge in [0.05, 0.1) is 11.4 Å². The predicted octanol–water partition coefficient (Wildman–Crippen LogP) is 4.41. The average Bonchev–Trinajstić information content (AvgIpc) is 3.12. The van der Waals surface area contributed by atoms with E-state index in [1.54, 1.807) is 42.6 Å². The number of aromatic nitrogens is 4. The Bertz CT molecular complexity index is 1430. The third-order valence-electron chi connectivity index (χ3n) is 4.97. The highest BCUT2D eigenvalue weighted by Crippen LogP contribution is 2.35. The van der Waals surface area contributed by atoms with Gasteiger partial charge in [-0.05, 0) is 55.3 Å². The van der Waals surface area contributed by atoms with E-state index in [4.69, 9.17) is 4.74 Å². The summed E-state index contributed by atoms with van der Waals surface area (Å²) in [5, 5.41) is 12.7. The first-order chi connectivity index (χ1) is 15.2. The number of rotatable bonds is 6. The van der Waals surface area contributed by atoms with Gasteiger partial charge >= 0.3 is 0 Å². The number of aryl methyl sites for hydroxylation is 2. The molecule has 0 aliphatic heterocycles. The van der Waals surface area contributed by atoms with Crippen LogP contribution in [0.2, 0.25) is 0 Å². The molecule has 0 atom stereocenters. The summed E-state index contributed by atoms with van der Waals surface area (Å²) < 4.78 is 59.2. The van der Waals surface area contributed by atoms with Crippen molar-refractivity contribution in [1.82, 2.24) is 19.8 Å². The Morgan fingerprint density at radius 1 is 1.00 bits per heavy atom. The standard InChI is InChI=1S/C22H20F2N4O3S/c1-4-32(29,30)12-15-5-7-20(31-21-8-6-16(23)11-18(21)24)17(10-15)19-9-13(2)22-26-25-14(3)28(22)27-19/h5-11H,4,12H2,1-3H3. The van der Waals surface area contributed by atoms with E-state index in [1.165, 1.54) is 6.07 Å². The number of halogens is 2. The lowest BCUT2D eigenvalue weighted by molar-refractivity contribution is 0.438. The molecule has 0 spiro atoms. The van der Waals surface area contributed by atoms with Crippen LogP contribution in [0.4, 0.5) is 8.78 Å². The molecule has 0 aliphatic carbocycles. The van der Waals surface area contributed by atoms with E-state index >= 15 is 0 Å². The van der Waals surface area contributed by atoms with Gasteiger partial charge in [-0.25, -0.2) is 17.2 Å². The van der Waals surface area contributed by atoms with Crippen molar-refractivity contribution in [2.24, 2.45) is 0 Å². The van der Waals surface area contributed by atoms with Crippen molar-refractivity contribution in [2.45, 2.75) is 26.5 Å². The Kier molecular flexibility index (Phi) is 5.64. The summed E-state index contributed by atoms with van der Waals surface area (Å²) in [6.07, 6.45) is 0. The zero-order valence-corrected chi connectivity index (χ0v) is 18.4. The molecule has 2 heterocycles. The molecular weight excluding hydrogens is 438 g/mol. The molecule has 0 aliphatic rings. The molecular formula is C22H20F2N4O3S. The number of ether oxygens (including phenoxy) is 1. The van der Waals surface area contributed by atoms with Gasteiger partial charge in [-0.2, -0.15) is 9.61 Å². The summed E-state index contributed by atoms with van der Waals surface area (Å²) >= 11 is 0. The second-order valence-electron chi connectivity index (χ2n) is 7.38. The molecule has 0 radical (unpaired) electrons. The average molecular weight is 458 g/mol. The molecule has 10 heteroatoms. The van der Waals surface area contributed by atoms with Crippen molar-refractivity contribution in [2.75, 3.05) is 5.75 Å². The first-order valence-electron chi connectivity index (χ1n) is 9.83. The van der Waals surface area contributed by atoms with Crippen LogP contribution in [-0.4, -0.2) is 34.0 Å². The van der Waals surface area contributed by atoms with E-state index in [2.05, 4.69) is 15.3 Å². The molecule has 0 amide bonds. The van der Waals surface area contributed by atoms with Crippen LogP contribution in [0.15, 0.2) is 42.5 Å². The fourth-order valence-electron chi connectivity index (χ4n) is 3.25. The van der Waals surface area contributed by atoms with Crippen LogP contribution >= 0.6 is 0 Å². The summed E-state index contributed by atoms with van der Waals surface area (Å²) in [6.45, 7) is 5.19. The molecule has 0 fully saturated rings. The Labute approximate surface area is 183 Å². The second kappa shape index (κ2) is 8.27. The third kappa shape index (κ3) is 4.31. The molecule has 0 N–H and O–H groups in total. The minimum atomic E-state index is -3.28. The van der Waals surface area contributed by atoms with E-state index in [1.807, 2.05) is 6.92 Å². The van der Waals surface area contributed by atoms with E-state index in [0.29, 0.717) is 28.3 Å². The van der Waals surface area contributed by atoms with E-state index < -0.39 is 21.5 Å². The molecule has 0 bridgehead atoms. The van der Waals surface area contributed by atoms with Gasteiger partial charge in [0.25, 0.3) is 0 Å². The van der Waals surface area contributed by atoms with Crippen LogP contribution in [0.5, 0.6) is 11.5 Å². The topological polar surface area (TPSA) is 86.5 Å². The number of fused-ring (bicyclic) bond motifs is 1. The fraction of sp³-hybridized carbons (Fsp3) is 0.227. The molecule has 0 saturated heterocycles. The van der Waals surface area contributed by atoms with Gasteiger partial charge in [0.2, 0.25) is 0 Å². The first-order valence-corrected chi connectivity index (χ1v) is 11.7. The third-order valence-corrected chi connectivity index (χ3v) is 6.62. The Morgan fingerprint density at radius 2 is 1.75 bits per heavy atom. The SMILES string of the molecule is CCS(=O)(=O)Cc1ccc(Oc2ccc(F)cc2F)c(-c2cc(C)c3nnc(C)n3n2)c1. The number of hydrogen-bond donors (Lipinski definition) is 0. The van der Waals surface area contributed by atoms with Gasteiger partial charge in [-0.1, -0.05) is 13.0 Å². The van der Waals surface area contributed by atoms with Gasteiger partial charge in [-0.3, -0.25) is 0 Å². The fourth-order valence-corrected chi connectivity index (χ4v) is 4.14. The zero-order chi connectivity index (χ0) is 23.0. The van der Waals surface area contributed by atoms with E-state index in [9.17, 15) is 17.2 Å². The first kappa shape index (κ1) is 21.8. The highest BCUT2D eigenvalue weighted by atomic mass is 32.2. The van der Waals surface area contributed by atoms with Crippen LogP contribution in [-0.2, 0) is 15.6 Å². The highest BCUT2D eigenvalue weighted by Gasteiger charge is 2.18. The maximum Gasteiger partial charge on any atom is 0.180 e. The van der Waals surface area contributed by atoms with Gasteiger partial charge in [-0.15, -0.1) is 10.2 Å². The van der Waals surface area contributed by atoms with Gasteiger partial charge in [0.1, 0.15) is 11.6 Å². The minimum absolute atomic E-state index is 0.00456. The lowest BCUT2D eigenvalue weighted by Crippen LogP contribution is -2.07. The maximum absolute atomic E-state index is 14.2. The Morgan fingerprint density at radius 3 is 2.47 bits per heavy atom. The summed E-state index contributed by atoms with van der Waals surface area (Å²) in [4.78, 5) is 0. The molecule has 2 aromatic carbocycles. The van der Waals surface area contributed by atoms with Crippen molar-refractivity contribution in [3.05, 3.63) is 71.1 Å². The van der Waals surface area contributed by atoms with Crippen molar-refractivity contribution < 1.29 is 21.9 Å². The number of benzene rings is 2. The molecule has 4 aromatic rings.